The van der Waals surface area contributed by atoms with Gasteiger partial charge in [0.15, 0.2) is 0 Å². The van der Waals surface area contributed by atoms with Crippen molar-refractivity contribution in [1.29, 1.82) is 0 Å². The van der Waals surface area contributed by atoms with Crippen LogP contribution in [-0.4, -0.2) is 41.0 Å². The second-order valence-corrected chi connectivity index (χ2v) is 6.90. The van der Waals surface area contributed by atoms with Crippen LogP contribution in [0.15, 0.2) is 18.2 Å². The number of hydrogen-bond acceptors (Lipinski definition) is 4. The molecule has 0 bridgehead atoms. The summed E-state index contributed by atoms with van der Waals surface area (Å²) in [5, 5.41) is 13.9. The smallest absolute Gasteiger partial charge is 0.329 e. The molecule has 1 heterocycles. The maximum atomic E-state index is 13.9. The van der Waals surface area contributed by atoms with Gasteiger partial charge in [-0.2, -0.15) is 0 Å². The normalized spacial score (nSPS) is 17.6. The molecule has 2 atom stereocenters. The summed E-state index contributed by atoms with van der Waals surface area (Å²) in [6.45, 7) is 3.63. The Labute approximate surface area is 159 Å². The van der Waals surface area contributed by atoms with E-state index in [0.29, 0.717) is 11.0 Å². The van der Waals surface area contributed by atoms with Crippen molar-refractivity contribution in [2.24, 2.45) is 5.92 Å². The molecule has 0 unspecified atom stereocenters. The van der Waals surface area contributed by atoms with Gasteiger partial charge in [0, 0.05) is 12.5 Å². The van der Waals surface area contributed by atoms with E-state index in [9.17, 15) is 28.0 Å². The van der Waals surface area contributed by atoms with Gasteiger partial charge in [0.05, 0.1) is 5.69 Å². The third-order valence-electron chi connectivity index (χ3n) is 4.17. The zero-order valence-corrected chi connectivity index (χ0v) is 15.4. The molecule has 8 nitrogen and oxygen atoms in total. The van der Waals surface area contributed by atoms with E-state index in [4.69, 9.17) is 5.11 Å². The van der Waals surface area contributed by atoms with Crippen LogP contribution in [0.3, 0.4) is 0 Å². The largest absolute Gasteiger partial charge is 0.480 e. The van der Waals surface area contributed by atoms with Crippen LogP contribution >= 0.6 is 0 Å². The van der Waals surface area contributed by atoms with Gasteiger partial charge in [-0.1, -0.05) is 13.8 Å². The molecule has 0 saturated carbocycles. The summed E-state index contributed by atoms with van der Waals surface area (Å²) >= 11 is 0. The zero-order chi connectivity index (χ0) is 21.0. The number of halogens is 2. The Morgan fingerprint density at radius 3 is 2.54 bits per heavy atom. The average Bonchev–Trinajstić information content (AvgIpc) is 2.86. The number of rotatable bonds is 8. The van der Waals surface area contributed by atoms with Crippen molar-refractivity contribution in [2.45, 2.75) is 45.2 Å². The number of urea groups is 1. The van der Waals surface area contributed by atoms with E-state index in [-0.39, 0.29) is 25.2 Å². The van der Waals surface area contributed by atoms with Gasteiger partial charge in [0.2, 0.25) is 5.91 Å². The molecule has 28 heavy (non-hydrogen) atoms. The van der Waals surface area contributed by atoms with Crippen LogP contribution in [0, 0.1) is 17.6 Å². The number of carboxylic acid groups (broad SMARTS) is 1. The van der Waals surface area contributed by atoms with Crippen molar-refractivity contribution in [2.75, 3.05) is 4.90 Å². The summed E-state index contributed by atoms with van der Waals surface area (Å²) in [6, 6.07) is -0.565. The van der Waals surface area contributed by atoms with E-state index in [2.05, 4.69) is 10.6 Å². The van der Waals surface area contributed by atoms with E-state index in [0.717, 1.165) is 12.1 Å². The van der Waals surface area contributed by atoms with Crippen molar-refractivity contribution >= 4 is 29.5 Å². The molecule has 4 amide bonds. The third kappa shape index (κ3) is 5.02. The highest BCUT2D eigenvalue weighted by atomic mass is 19.1. The highest BCUT2D eigenvalue weighted by Gasteiger charge is 2.40. The van der Waals surface area contributed by atoms with Gasteiger partial charge in [-0.05, 0) is 30.9 Å². The quantitative estimate of drug-likeness (QED) is 0.579. The van der Waals surface area contributed by atoms with Gasteiger partial charge in [-0.15, -0.1) is 0 Å². The Balaban J connectivity index is 1.98. The Bertz CT molecular complexity index is 799. The predicted octanol–water partition coefficient (Wildman–Crippen LogP) is 1.79. The topological polar surface area (TPSA) is 116 Å². The second-order valence-electron chi connectivity index (χ2n) is 6.90. The molecule has 1 aliphatic heterocycles. The van der Waals surface area contributed by atoms with E-state index in [1.807, 2.05) is 13.8 Å². The molecule has 0 aromatic heterocycles. The summed E-state index contributed by atoms with van der Waals surface area (Å²) in [5.41, 5.74) is -0.390. The second kappa shape index (κ2) is 8.77. The van der Waals surface area contributed by atoms with Crippen molar-refractivity contribution < 1.29 is 33.1 Å². The number of nitrogens with zero attached hydrogens (tertiary/aromatic N) is 1. The minimum absolute atomic E-state index is 0.0521. The molecular formula is C18H21F2N3O5. The molecular weight excluding hydrogens is 376 g/mol. The van der Waals surface area contributed by atoms with Crippen LogP contribution in [-0.2, 0) is 14.4 Å². The van der Waals surface area contributed by atoms with Crippen molar-refractivity contribution in [3.63, 3.8) is 0 Å². The van der Waals surface area contributed by atoms with Crippen molar-refractivity contribution in [3.05, 3.63) is 29.8 Å². The van der Waals surface area contributed by atoms with Crippen LogP contribution < -0.4 is 15.5 Å². The fraction of sp³-hybridized carbons (Fsp3) is 0.444. The lowest BCUT2D eigenvalue weighted by Gasteiger charge is -2.17. The van der Waals surface area contributed by atoms with Crippen LogP contribution in [0.4, 0.5) is 19.3 Å². The Hall–Kier alpha value is -3.04. The van der Waals surface area contributed by atoms with Crippen LogP contribution in [0.5, 0.6) is 0 Å². The first-order chi connectivity index (χ1) is 13.1. The lowest BCUT2D eigenvalue weighted by atomic mass is 10.0. The number of carboxylic acids is 1. The Kier molecular flexibility index (Phi) is 6.66. The summed E-state index contributed by atoms with van der Waals surface area (Å²) in [4.78, 5) is 48.2. The molecule has 152 valence electrons. The fourth-order valence-electron chi connectivity index (χ4n) is 2.85. The van der Waals surface area contributed by atoms with Gasteiger partial charge in [0.1, 0.15) is 23.7 Å². The molecule has 3 N–H and O–H groups in total. The predicted molar refractivity (Wildman–Crippen MR) is 94.4 cm³/mol. The third-order valence-corrected chi connectivity index (χ3v) is 4.17. The Morgan fingerprint density at radius 2 is 1.96 bits per heavy atom. The average molecular weight is 397 g/mol. The standard InChI is InChI=1S/C18H21F2N3O5/c1-9(2)7-13(17(26)27)21-15(24)6-4-12-16(25)23(18(28)22-12)14-5-3-10(19)8-11(14)20/h3,5,8-9,12-13H,4,6-7H2,1-2H3,(H,21,24)(H,22,28)(H,26,27)/t12-,13+/m1/s1. The number of hydrogen-bond donors (Lipinski definition) is 3. The molecule has 0 radical (unpaired) electrons. The number of amides is 4. The summed E-state index contributed by atoms with van der Waals surface area (Å²) in [7, 11) is 0. The van der Waals surface area contributed by atoms with E-state index < -0.39 is 53.2 Å². The zero-order valence-electron chi connectivity index (χ0n) is 15.4. The molecule has 1 fully saturated rings. The van der Waals surface area contributed by atoms with Crippen molar-refractivity contribution in [1.82, 2.24) is 10.6 Å². The summed E-state index contributed by atoms with van der Waals surface area (Å²) in [5.74, 6) is -4.39. The maximum Gasteiger partial charge on any atom is 0.329 e. The first-order valence-electron chi connectivity index (χ1n) is 8.71. The number of nitrogens with one attached hydrogen (secondary N) is 2. The first kappa shape index (κ1) is 21.3. The van der Waals surface area contributed by atoms with E-state index >= 15 is 0 Å². The van der Waals surface area contributed by atoms with Crippen LogP contribution in [0.2, 0.25) is 0 Å². The lowest BCUT2D eigenvalue weighted by molar-refractivity contribution is -0.142. The highest BCUT2D eigenvalue weighted by Crippen LogP contribution is 2.25. The van der Waals surface area contributed by atoms with Gasteiger partial charge in [-0.25, -0.2) is 23.3 Å². The summed E-state index contributed by atoms with van der Waals surface area (Å²) < 4.78 is 26.9. The van der Waals surface area contributed by atoms with Gasteiger partial charge >= 0.3 is 12.0 Å². The van der Waals surface area contributed by atoms with Gasteiger partial charge in [0.25, 0.3) is 5.91 Å². The number of carbonyl (C=O) groups is 4. The molecule has 0 aliphatic carbocycles. The van der Waals surface area contributed by atoms with Crippen molar-refractivity contribution in [3.8, 4) is 0 Å². The minimum Gasteiger partial charge on any atom is -0.480 e. The first-order valence-corrected chi connectivity index (χ1v) is 8.71. The molecule has 1 aromatic carbocycles. The van der Waals surface area contributed by atoms with Gasteiger partial charge < -0.3 is 15.7 Å². The SMILES string of the molecule is CC(C)C[C@H](NC(=O)CC[C@H]1NC(=O)N(c2ccc(F)cc2F)C1=O)C(=O)O. The molecule has 1 aliphatic rings. The van der Waals surface area contributed by atoms with Crippen LogP contribution in [0.1, 0.15) is 33.1 Å². The minimum atomic E-state index is -1.16. The number of carbonyl (C=O) groups excluding carboxylic acids is 3. The lowest BCUT2D eigenvalue weighted by Crippen LogP contribution is -2.42. The molecule has 0 spiro atoms. The molecule has 2 rings (SSSR count). The Morgan fingerprint density at radius 1 is 1.29 bits per heavy atom. The molecule has 10 heteroatoms. The monoisotopic (exact) mass is 397 g/mol. The molecule has 1 saturated heterocycles. The van der Waals surface area contributed by atoms with E-state index in [1.54, 1.807) is 0 Å². The highest BCUT2D eigenvalue weighted by molar-refractivity contribution is 6.21. The van der Waals surface area contributed by atoms with Crippen LogP contribution in [0.25, 0.3) is 0 Å². The number of benzene rings is 1. The van der Waals surface area contributed by atoms with Gasteiger partial charge in [-0.3, -0.25) is 9.59 Å². The fourth-order valence-corrected chi connectivity index (χ4v) is 2.85. The number of aliphatic carboxylic acids is 1. The number of imide groups is 1. The number of anilines is 1. The summed E-state index contributed by atoms with van der Waals surface area (Å²) in [6.07, 6.45) is -0.0557. The molecule has 1 aromatic rings. The van der Waals surface area contributed by atoms with E-state index in [1.165, 1.54) is 0 Å². The maximum absolute atomic E-state index is 13.9.